The Morgan fingerprint density at radius 1 is 0.235 bits per heavy atom. The molecule has 10 aromatic carbocycles. The first-order valence-electron chi connectivity index (χ1n) is 41.9. The van der Waals surface area contributed by atoms with Crippen LogP contribution in [0.15, 0.2) is 308 Å². The predicted molar refractivity (Wildman–Crippen MR) is 498 cm³/mol. The SMILES string of the molecule is CCc1c(C)c2[nH]c1cc1nc(c3[nH]c(cc4[nH]c(c(C)c4CC)c2-c2cccc4c2oc2c(-c5c6[nH]c(cc7nc(c8[nH]c(cc9[nH]c5c(C)c9CC)c(-c5ccccc5)c8-c5ccccc5)C(c5ccccc5)=C7c5ccccc5)c(CC)c6C)cccc24)c(-c2ccccc2)c3-c2ccccc2)C(c2ccccc2)=C1c1ccccc1. The van der Waals surface area contributed by atoms with Crippen LogP contribution in [0.3, 0.4) is 0 Å². The lowest BCUT2D eigenvalue weighted by Gasteiger charge is -2.11. The van der Waals surface area contributed by atoms with Gasteiger partial charge in [0.25, 0.3) is 0 Å². The third-order valence-corrected chi connectivity index (χ3v) is 25.2. The normalized spacial score (nSPS) is 12.4. The first-order valence-corrected chi connectivity index (χ1v) is 41.9. The van der Waals surface area contributed by atoms with E-state index in [0.717, 1.165) is 259 Å². The van der Waals surface area contributed by atoms with Gasteiger partial charge in [-0.05, 0) is 167 Å². The van der Waals surface area contributed by atoms with Crippen LogP contribution in [0.5, 0.6) is 0 Å². The van der Waals surface area contributed by atoms with Crippen LogP contribution in [0.2, 0.25) is 0 Å². The average Bonchev–Trinajstić information content (AvgIpc) is 1.57. The number of hydrogen-bond donors (Lipinski definition) is 6. The molecule has 0 atom stereocenters. The van der Waals surface area contributed by atoms with Crippen molar-refractivity contribution in [1.29, 1.82) is 0 Å². The monoisotopic (exact) mass is 1540 g/mol. The lowest BCUT2D eigenvalue weighted by Crippen LogP contribution is -1.92. The molecular weight excluding hydrogens is 1450 g/mol. The van der Waals surface area contributed by atoms with Crippen LogP contribution in [-0.2, 0) is 25.7 Å². The van der Waals surface area contributed by atoms with Gasteiger partial charge in [0.1, 0.15) is 11.2 Å². The Hall–Kier alpha value is -14.5. The van der Waals surface area contributed by atoms with E-state index in [1.807, 2.05) is 0 Å². The number of hydrogen-bond acceptors (Lipinski definition) is 3. The standard InChI is InChI=1S/C110H88N8O/c1-9-75-63(5)101-99(102-64(6)76(10-2)84(112-102)60-88-92(68-41-23-14-24-42-68)96(72-49-31-18-32-50-72)106(116-88)105-95(71-47-29-17-30-48-71)91(67-39-21-13-22-40-67)87(115-105)59-83(75)111-101)81-57-37-55-79-80-56-38-58-82(110(80)119-109(79)81)100-103-65(7)77(11-3)85(113-103)61-89-93(69-43-25-15-26-44-69)97(73-51-33-19-34-52-73)107(117-89)108-98(74-53-35-20-36-54-74)94(70-45-27-16-28-46-70)90(118-108)62-86-78(12-4)66(8)104(100)114-86/h13-62,111-115,117H,9-12H2,1-8H3. The number of furan rings is 1. The van der Waals surface area contributed by atoms with E-state index in [1.165, 1.54) is 33.4 Å². The van der Waals surface area contributed by atoms with Crippen LogP contribution in [0, 0.1) is 27.7 Å². The number of benzene rings is 10. The molecule has 2 aliphatic rings. The molecule has 0 saturated heterocycles. The highest BCUT2D eigenvalue weighted by atomic mass is 16.3. The molecule has 9 nitrogen and oxygen atoms in total. The molecule has 19 aromatic rings. The lowest BCUT2D eigenvalue weighted by molar-refractivity contribution is 0.671. The molecule has 6 N–H and O–H groups in total. The predicted octanol–water partition coefficient (Wildman–Crippen LogP) is 28.8. The molecule has 9 aromatic heterocycles. The van der Waals surface area contributed by atoms with E-state index in [2.05, 4.69) is 389 Å². The summed E-state index contributed by atoms with van der Waals surface area (Å²) in [6, 6.07) is 110. The molecule has 16 bridgehead atoms. The number of H-pyrrole nitrogens is 6. The number of aromatic amines is 6. The summed E-state index contributed by atoms with van der Waals surface area (Å²) < 4.78 is 8.05. The van der Waals surface area contributed by atoms with Crippen LogP contribution in [-0.4, -0.2) is 39.9 Å². The van der Waals surface area contributed by atoms with E-state index in [0.29, 0.717) is 0 Å². The fourth-order valence-corrected chi connectivity index (χ4v) is 19.8. The van der Waals surface area contributed by atoms with Crippen LogP contribution >= 0.6 is 0 Å². The average molecular weight is 1540 g/mol. The van der Waals surface area contributed by atoms with Crippen molar-refractivity contribution in [3.05, 3.63) is 393 Å². The van der Waals surface area contributed by atoms with Crippen molar-refractivity contribution in [2.24, 2.45) is 0 Å². The van der Waals surface area contributed by atoms with Crippen LogP contribution in [0.4, 0.5) is 0 Å². The Kier molecular flexibility index (Phi) is 17.8. The molecule has 0 aliphatic carbocycles. The number of aryl methyl sites for hydroxylation is 8. The molecule has 119 heavy (non-hydrogen) atoms. The summed E-state index contributed by atoms with van der Waals surface area (Å²) in [5, 5.41) is 2.02. The molecule has 21 rings (SSSR count). The van der Waals surface area contributed by atoms with Gasteiger partial charge in [-0.25, -0.2) is 9.97 Å². The van der Waals surface area contributed by atoms with Gasteiger partial charge >= 0.3 is 0 Å². The first kappa shape index (κ1) is 72.2. The quantitative estimate of drug-likeness (QED) is 0.0648. The van der Waals surface area contributed by atoms with Gasteiger partial charge in [-0.1, -0.05) is 307 Å². The third-order valence-electron chi connectivity index (χ3n) is 25.2. The fourth-order valence-electron chi connectivity index (χ4n) is 19.8. The summed E-state index contributed by atoms with van der Waals surface area (Å²) in [5.74, 6) is 0. The highest BCUT2D eigenvalue weighted by Crippen LogP contribution is 2.52. The van der Waals surface area contributed by atoms with Crippen molar-refractivity contribution < 1.29 is 4.42 Å². The second kappa shape index (κ2) is 29.3. The molecule has 0 unspecified atom stereocenters. The number of aromatic nitrogens is 8. The number of rotatable bonds is 14. The number of nitrogens with zero attached hydrogens (tertiary/aromatic N) is 2. The van der Waals surface area contributed by atoms with E-state index in [-0.39, 0.29) is 0 Å². The zero-order valence-electron chi connectivity index (χ0n) is 68.0. The molecule has 9 heteroatoms. The smallest absolute Gasteiger partial charge is 0.143 e. The van der Waals surface area contributed by atoms with Crippen LogP contribution in [0.25, 0.3) is 177 Å². The van der Waals surface area contributed by atoms with Gasteiger partial charge in [0.15, 0.2) is 0 Å². The van der Waals surface area contributed by atoms with E-state index >= 15 is 0 Å². The Morgan fingerprint density at radius 2 is 0.487 bits per heavy atom. The lowest BCUT2D eigenvalue weighted by atomic mass is 9.90. The highest BCUT2D eigenvalue weighted by Gasteiger charge is 2.33. The van der Waals surface area contributed by atoms with Crippen molar-refractivity contribution in [3.63, 3.8) is 0 Å². The zero-order valence-corrected chi connectivity index (χ0v) is 68.0. The Morgan fingerprint density at radius 3 is 0.773 bits per heavy atom. The summed E-state index contributed by atoms with van der Waals surface area (Å²) in [7, 11) is 0. The minimum absolute atomic E-state index is 0.760. The molecule has 0 amide bonds. The summed E-state index contributed by atoms with van der Waals surface area (Å²) >= 11 is 0. The van der Waals surface area contributed by atoms with Gasteiger partial charge in [-0.2, -0.15) is 0 Å². The van der Waals surface area contributed by atoms with Gasteiger partial charge in [-0.3, -0.25) is 0 Å². The minimum atomic E-state index is 0.760. The molecule has 2 aliphatic heterocycles. The van der Waals surface area contributed by atoms with Crippen molar-refractivity contribution in [1.82, 2.24) is 39.9 Å². The topological polar surface area (TPSA) is 134 Å². The summed E-state index contributed by atoms with van der Waals surface area (Å²) in [6.45, 7) is 18.3. The van der Waals surface area contributed by atoms with Crippen molar-refractivity contribution in [2.45, 2.75) is 81.1 Å². The number of para-hydroxylation sites is 2. The summed E-state index contributed by atoms with van der Waals surface area (Å²) in [4.78, 5) is 37.4. The van der Waals surface area contributed by atoms with Gasteiger partial charge < -0.3 is 34.3 Å². The number of nitrogens with one attached hydrogen (secondary N) is 6. The van der Waals surface area contributed by atoms with Gasteiger partial charge in [0.05, 0.1) is 55.9 Å². The molecular formula is C110H88N8O. The fraction of sp³-hybridized carbons (Fsp3) is 0.109. The van der Waals surface area contributed by atoms with Crippen molar-refractivity contribution in [2.75, 3.05) is 0 Å². The van der Waals surface area contributed by atoms with E-state index in [1.54, 1.807) is 0 Å². The molecule has 11 heterocycles. The third kappa shape index (κ3) is 11.7. The molecule has 0 saturated carbocycles. The van der Waals surface area contributed by atoms with Gasteiger partial charge in [0, 0.05) is 111 Å². The number of fused-ring (bicyclic) bond motifs is 21. The Labute approximate surface area is 691 Å². The molecule has 0 fully saturated rings. The molecule has 0 spiro atoms. The van der Waals surface area contributed by atoms with Crippen molar-refractivity contribution in [3.8, 4) is 66.8 Å². The summed E-state index contributed by atoms with van der Waals surface area (Å²) in [6.07, 6.45) is 3.06. The zero-order chi connectivity index (χ0) is 80.3. The maximum atomic E-state index is 8.05. The second-order valence-electron chi connectivity index (χ2n) is 31.7. The van der Waals surface area contributed by atoms with Crippen LogP contribution < -0.4 is 0 Å². The van der Waals surface area contributed by atoms with Gasteiger partial charge in [-0.15, -0.1) is 0 Å². The van der Waals surface area contributed by atoms with E-state index in [4.69, 9.17) is 14.4 Å². The molecule has 574 valence electrons. The van der Waals surface area contributed by atoms with E-state index in [9.17, 15) is 0 Å². The summed E-state index contributed by atoms with van der Waals surface area (Å²) in [5.41, 5.74) is 47.7. The Bertz CT molecular complexity index is 7160. The van der Waals surface area contributed by atoms with Crippen LogP contribution in [0.1, 0.15) is 117 Å². The van der Waals surface area contributed by atoms with Crippen molar-refractivity contribution >= 4 is 110 Å². The largest absolute Gasteiger partial charge is 0.455 e. The molecule has 0 radical (unpaired) electrons. The van der Waals surface area contributed by atoms with E-state index < -0.39 is 0 Å². The first-order chi connectivity index (χ1) is 58.6. The van der Waals surface area contributed by atoms with Gasteiger partial charge in [0.2, 0.25) is 0 Å². The second-order valence-corrected chi connectivity index (χ2v) is 31.7. The highest BCUT2D eigenvalue weighted by molar-refractivity contribution is 6.20. The minimum Gasteiger partial charge on any atom is -0.455 e. The Balaban J connectivity index is 0.893. The maximum absolute atomic E-state index is 8.05. The maximum Gasteiger partial charge on any atom is 0.143 e.